The lowest BCUT2D eigenvalue weighted by Gasteiger charge is -2.14. The first-order valence-electron chi connectivity index (χ1n) is 5.56. The highest BCUT2D eigenvalue weighted by Crippen LogP contribution is 2.26. The van der Waals surface area contributed by atoms with Crippen LogP contribution in [0.5, 0.6) is 0 Å². The van der Waals surface area contributed by atoms with Crippen LogP contribution in [0.15, 0.2) is 11.6 Å². The van der Waals surface area contributed by atoms with Gasteiger partial charge >= 0.3 is 5.97 Å². The second-order valence-corrected chi connectivity index (χ2v) is 3.72. The summed E-state index contributed by atoms with van der Waals surface area (Å²) in [4.78, 5) is 23.3. The largest absolute Gasteiger partial charge is 0.466 e. The van der Waals surface area contributed by atoms with Gasteiger partial charge in [-0.05, 0) is 26.7 Å². The molecule has 0 aliphatic heterocycles. The molecule has 1 saturated carbocycles. The van der Waals surface area contributed by atoms with Crippen molar-refractivity contribution >= 4 is 11.8 Å². The van der Waals surface area contributed by atoms with Gasteiger partial charge in [-0.1, -0.05) is 12.5 Å². The van der Waals surface area contributed by atoms with Crippen molar-refractivity contribution in [3.05, 3.63) is 11.6 Å². The van der Waals surface area contributed by atoms with Gasteiger partial charge in [0.2, 0.25) is 0 Å². The Labute approximate surface area is 90.5 Å². The molecule has 1 aliphatic carbocycles. The fourth-order valence-electron chi connectivity index (χ4n) is 1.98. The summed E-state index contributed by atoms with van der Waals surface area (Å²) in [7, 11) is 0. The van der Waals surface area contributed by atoms with Gasteiger partial charge in [0.1, 0.15) is 0 Å². The third kappa shape index (κ3) is 2.91. The molecule has 84 valence electrons. The maximum Gasteiger partial charge on any atom is 0.313 e. The summed E-state index contributed by atoms with van der Waals surface area (Å²) < 4.78 is 4.99. The molecule has 0 heterocycles. The van der Waals surface area contributed by atoms with Crippen molar-refractivity contribution in [3.63, 3.8) is 0 Å². The second-order valence-electron chi connectivity index (χ2n) is 3.72. The van der Waals surface area contributed by atoms with Crippen LogP contribution in [-0.2, 0) is 14.3 Å². The number of rotatable bonds is 2. The lowest BCUT2D eigenvalue weighted by molar-refractivity contribution is -0.147. The number of carbonyl (C=O) groups is 2. The van der Waals surface area contributed by atoms with Crippen molar-refractivity contribution in [3.8, 4) is 0 Å². The molecule has 1 unspecified atom stereocenters. The molecule has 1 rings (SSSR count). The zero-order valence-electron chi connectivity index (χ0n) is 9.41. The third-order valence-electron chi connectivity index (χ3n) is 2.73. The van der Waals surface area contributed by atoms with Gasteiger partial charge in [0.05, 0.1) is 12.5 Å². The second kappa shape index (κ2) is 5.69. The number of esters is 1. The predicted molar refractivity (Wildman–Crippen MR) is 57.4 cm³/mol. The van der Waals surface area contributed by atoms with Crippen LogP contribution < -0.4 is 0 Å². The molecule has 0 amide bonds. The van der Waals surface area contributed by atoms with E-state index in [-0.39, 0.29) is 17.7 Å². The molecule has 1 fully saturated rings. The van der Waals surface area contributed by atoms with Gasteiger partial charge in [-0.25, -0.2) is 0 Å². The monoisotopic (exact) mass is 210 g/mol. The van der Waals surface area contributed by atoms with E-state index in [0.717, 1.165) is 19.3 Å². The van der Waals surface area contributed by atoms with Gasteiger partial charge in [-0.3, -0.25) is 9.59 Å². The van der Waals surface area contributed by atoms with Gasteiger partial charge in [-0.15, -0.1) is 0 Å². The Hall–Kier alpha value is -1.12. The van der Waals surface area contributed by atoms with Crippen molar-refractivity contribution in [1.29, 1.82) is 0 Å². The van der Waals surface area contributed by atoms with E-state index in [2.05, 4.69) is 0 Å². The number of hydrogen-bond donors (Lipinski definition) is 0. The number of hydrogen-bond acceptors (Lipinski definition) is 3. The van der Waals surface area contributed by atoms with Crippen LogP contribution in [-0.4, -0.2) is 18.4 Å². The first kappa shape index (κ1) is 12.0. The molecule has 0 bridgehead atoms. The van der Waals surface area contributed by atoms with E-state index in [1.54, 1.807) is 13.0 Å². The molecule has 15 heavy (non-hydrogen) atoms. The van der Waals surface area contributed by atoms with E-state index < -0.39 is 0 Å². The van der Waals surface area contributed by atoms with Crippen molar-refractivity contribution in [1.82, 2.24) is 0 Å². The fourth-order valence-corrected chi connectivity index (χ4v) is 1.98. The maximum atomic E-state index is 11.7. The average molecular weight is 210 g/mol. The zero-order chi connectivity index (χ0) is 11.3. The number of allylic oxidation sites excluding steroid dienone is 1. The lowest BCUT2D eigenvalue weighted by Crippen LogP contribution is -2.22. The molecular weight excluding hydrogens is 192 g/mol. The van der Waals surface area contributed by atoms with E-state index in [4.69, 9.17) is 4.74 Å². The summed E-state index contributed by atoms with van der Waals surface area (Å²) in [5.41, 5.74) is 0.644. The van der Waals surface area contributed by atoms with Crippen molar-refractivity contribution in [2.24, 2.45) is 5.92 Å². The van der Waals surface area contributed by atoms with Crippen LogP contribution in [0.3, 0.4) is 0 Å². The molecule has 0 N–H and O–H groups in total. The summed E-state index contributed by atoms with van der Waals surface area (Å²) in [6.45, 7) is 3.97. The van der Waals surface area contributed by atoms with Crippen molar-refractivity contribution < 1.29 is 14.3 Å². The minimum Gasteiger partial charge on any atom is -0.466 e. The van der Waals surface area contributed by atoms with Gasteiger partial charge in [0, 0.05) is 12.0 Å². The lowest BCUT2D eigenvalue weighted by atomic mass is 9.93. The Balaban J connectivity index is 2.82. The first-order valence-corrected chi connectivity index (χ1v) is 5.56. The molecule has 1 atom stereocenters. The number of ketones is 1. The van der Waals surface area contributed by atoms with Gasteiger partial charge in [0.15, 0.2) is 5.78 Å². The first-order chi connectivity index (χ1) is 7.20. The standard InChI is InChI=1S/C12H18O3/c1-3-9-10(12(14)15-4-2)7-5-6-8-11(9)13/h3,10H,4-8H2,1-2H3/b9-3+. The minimum absolute atomic E-state index is 0.105. The van der Waals surface area contributed by atoms with Crippen LogP contribution in [0.1, 0.15) is 39.5 Å². The molecule has 0 aromatic heterocycles. The molecular formula is C12H18O3. The van der Waals surface area contributed by atoms with E-state index in [0.29, 0.717) is 18.6 Å². The third-order valence-corrected chi connectivity index (χ3v) is 2.73. The van der Waals surface area contributed by atoms with Gasteiger partial charge in [0.25, 0.3) is 0 Å². The summed E-state index contributed by atoms with van der Waals surface area (Å²) in [6.07, 6.45) is 4.87. The number of Topliss-reactive ketones (excluding diaryl/α,β-unsaturated/α-hetero) is 1. The number of carbonyl (C=O) groups excluding carboxylic acids is 2. The minimum atomic E-state index is -0.329. The van der Waals surface area contributed by atoms with Crippen LogP contribution in [0, 0.1) is 5.92 Å². The SMILES string of the molecule is C/C=C1/C(=O)CCCCC1C(=O)OCC. The summed E-state index contributed by atoms with van der Waals surface area (Å²) in [5.74, 6) is -0.473. The highest BCUT2D eigenvalue weighted by molar-refractivity contribution is 6.00. The van der Waals surface area contributed by atoms with E-state index in [1.807, 2.05) is 6.92 Å². The van der Waals surface area contributed by atoms with E-state index >= 15 is 0 Å². The zero-order valence-corrected chi connectivity index (χ0v) is 9.41. The van der Waals surface area contributed by atoms with Gasteiger partial charge in [-0.2, -0.15) is 0 Å². The smallest absolute Gasteiger partial charge is 0.313 e. The normalized spacial score (nSPS) is 25.1. The quantitative estimate of drug-likeness (QED) is 0.399. The summed E-state index contributed by atoms with van der Waals surface area (Å²) in [5, 5.41) is 0. The van der Waals surface area contributed by atoms with Gasteiger partial charge < -0.3 is 4.74 Å². The fraction of sp³-hybridized carbons (Fsp3) is 0.667. The predicted octanol–water partition coefficient (Wildman–Crippen LogP) is 2.26. The maximum absolute atomic E-state index is 11.7. The average Bonchev–Trinajstić information content (AvgIpc) is 2.40. The molecule has 0 aromatic carbocycles. The summed E-state index contributed by atoms with van der Waals surface area (Å²) >= 11 is 0. The molecule has 3 heteroatoms. The molecule has 0 radical (unpaired) electrons. The molecule has 3 nitrogen and oxygen atoms in total. The molecule has 0 saturated heterocycles. The van der Waals surface area contributed by atoms with Crippen LogP contribution in [0.25, 0.3) is 0 Å². The Morgan fingerprint density at radius 2 is 2.27 bits per heavy atom. The Morgan fingerprint density at radius 1 is 1.53 bits per heavy atom. The number of ether oxygens (including phenoxy) is 1. The Bertz CT molecular complexity index is 279. The Kier molecular flexibility index (Phi) is 4.53. The topological polar surface area (TPSA) is 43.4 Å². The molecule has 0 spiro atoms. The van der Waals surface area contributed by atoms with E-state index in [9.17, 15) is 9.59 Å². The Morgan fingerprint density at radius 3 is 2.87 bits per heavy atom. The van der Waals surface area contributed by atoms with Crippen molar-refractivity contribution in [2.45, 2.75) is 39.5 Å². The van der Waals surface area contributed by atoms with Crippen LogP contribution in [0.4, 0.5) is 0 Å². The van der Waals surface area contributed by atoms with E-state index in [1.165, 1.54) is 0 Å². The highest BCUT2D eigenvalue weighted by Gasteiger charge is 2.29. The molecule has 0 aromatic rings. The van der Waals surface area contributed by atoms with Crippen molar-refractivity contribution in [2.75, 3.05) is 6.61 Å². The summed E-state index contributed by atoms with van der Waals surface area (Å²) in [6, 6.07) is 0. The van der Waals surface area contributed by atoms with Crippen LogP contribution >= 0.6 is 0 Å². The highest BCUT2D eigenvalue weighted by atomic mass is 16.5. The van der Waals surface area contributed by atoms with Crippen LogP contribution in [0.2, 0.25) is 0 Å². The molecule has 1 aliphatic rings.